The molecule has 0 atom stereocenters. The van der Waals surface area contributed by atoms with E-state index in [1.165, 1.54) is 0 Å². The zero-order chi connectivity index (χ0) is 20.2. The Balaban J connectivity index is 1.56. The largest absolute Gasteiger partial charge is 0.508 e. The third-order valence-corrected chi connectivity index (χ3v) is 4.44. The van der Waals surface area contributed by atoms with Crippen molar-refractivity contribution in [3.63, 3.8) is 0 Å². The molecule has 4 rings (SSSR count). The maximum atomic E-state index is 9.40. The number of thiocarbonyl (C=S) groups is 1. The van der Waals surface area contributed by atoms with Crippen LogP contribution in [0.4, 0.5) is 5.82 Å². The molecule has 0 radical (unpaired) electrons. The van der Waals surface area contributed by atoms with Crippen LogP contribution in [0.25, 0.3) is 22.4 Å². The van der Waals surface area contributed by atoms with Crippen LogP contribution in [0.15, 0.2) is 55.0 Å². The van der Waals surface area contributed by atoms with Crippen molar-refractivity contribution in [2.24, 2.45) is 0 Å². The zero-order valence-electron chi connectivity index (χ0n) is 15.7. The molecule has 3 N–H and O–H groups in total. The molecule has 0 fully saturated rings. The van der Waals surface area contributed by atoms with Gasteiger partial charge in [0, 0.05) is 18.3 Å². The summed E-state index contributed by atoms with van der Waals surface area (Å²) in [5.41, 5.74) is 3.80. The number of phenols is 1. The van der Waals surface area contributed by atoms with Crippen molar-refractivity contribution in [3.05, 3.63) is 60.6 Å². The van der Waals surface area contributed by atoms with E-state index >= 15 is 0 Å². The van der Waals surface area contributed by atoms with Gasteiger partial charge in [0.2, 0.25) is 0 Å². The predicted octanol–water partition coefficient (Wildman–Crippen LogP) is 2.95. The molecule has 0 unspecified atom stereocenters. The minimum Gasteiger partial charge on any atom is -0.508 e. The molecule has 146 valence electrons. The van der Waals surface area contributed by atoms with Gasteiger partial charge in [-0.1, -0.05) is 12.1 Å². The monoisotopic (exact) mass is 405 g/mol. The fourth-order valence-corrected chi connectivity index (χ4v) is 3.05. The predicted molar refractivity (Wildman–Crippen MR) is 116 cm³/mol. The number of aromatic hydroxyl groups is 1. The van der Waals surface area contributed by atoms with Crippen molar-refractivity contribution in [2.45, 2.75) is 13.5 Å². The molecule has 9 heteroatoms. The lowest BCUT2D eigenvalue weighted by Gasteiger charge is -2.08. The van der Waals surface area contributed by atoms with Crippen molar-refractivity contribution in [3.8, 4) is 17.0 Å². The summed E-state index contributed by atoms with van der Waals surface area (Å²) < 4.78 is 1.81. The lowest BCUT2D eigenvalue weighted by atomic mass is 10.2. The van der Waals surface area contributed by atoms with Gasteiger partial charge in [-0.25, -0.2) is 9.97 Å². The molecule has 0 aliphatic heterocycles. The number of hydrogen-bond acceptors (Lipinski definition) is 6. The summed E-state index contributed by atoms with van der Waals surface area (Å²) in [6.45, 7) is 3.30. The van der Waals surface area contributed by atoms with Gasteiger partial charge in [-0.05, 0) is 49.0 Å². The lowest BCUT2D eigenvalue weighted by molar-refractivity contribution is 0.475. The Morgan fingerprint density at radius 1 is 1.10 bits per heavy atom. The number of nitrogens with zero attached hydrogens (tertiary/aromatic N) is 5. The van der Waals surface area contributed by atoms with Crippen molar-refractivity contribution < 1.29 is 5.11 Å². The fourth-order valence-electron chi connectivity index (χ4n) is 2.80. The summed E-state index contributed by atoms with van der Waals surface area (Å²) in [5, 5.41) is 20.4. The molecule has 3 heterocycles. The van der Waals surface area contributed by atoms with Crippen LogP contribution >= 0.6 is 12.2 Å². The van der Waals surface area contributed by atoms with Crippen LogP contribution in [0.2, 0.25) is 0 Å². The van der Waals surface area contributed by atoms with Crippen LogP contribution in [-0.4, -0.2) is 41.5 Å². The van der Waals surface area contributed by atoms with Crippen LogP contribution in [0, 0.1) is 0 Å². The summed E-state index contributed by atoms with van der Waals surface area (Å²) in [4.78, 5) is 13.6. The molecule has 3 aromatic heterocycles. The number of fused-ring (bicyclic) bond motifs is 1. The van der Waals surface area contributed by atoms with Crippen LogP contribution in [-0.2, 0) is 6.54 Å². The number of nitrogens with one attached hydrogen (secondary N) is 2. The second kappa shape index (κ2) is 8.19. The van der Waals surface area contributed by atoms with Gasteiger partial charge in [0.25, 0.3) is 0 Å². The molecular weight excluding hydrogens is 386 g/mol. The van der Waals surface area contributed by atoms with E-state index in [4.69, 9.17) is 12.2 Å². The van der Waals surface area contributed by atoms with Crippen molar-refractivity contribution in [1.29, 1.82) is 0 Å². The van der Waals surface area contributed by atoms with E-state index in [0.29, 0.717) is 34.3 Å². The van der Waals surface area contributed by atoms with Gasteiger partial charge in [-0.15, -0.1) is 0 Å². The average Bonchev–Trinajstić information content (AvgIpc) is 3.18. The lowest BCUT2D eigenvalue weighted by Crippen LogP contribution is -2.28. The molecule has 29 heavy (non-hydrogen) atoms. The summed E-state index contributed by atoms with van der Waals surface area (Å²) >= 11 is 5.20. The van der Waals surface area contributed by atoms with E-state index in [9.17, 15) is 5.11 Å². The molecule has 0 saturated heterocycles. The van der Waals surface area contributed by atoms with Gasteiger partial charge in [0.05, 0.1) is 24.6 Å². The molecule has 4 aromatic rings. The molecular formula is C20H19N7OS. The van der Waals surface area contributed by atoms with Crippen molar-refractivity contribution in [2.75, 3.05) is 11.9 Å². The number of anilines is 1. The van der Waals surface area contributed by atoms with E-state index in [2.05, 4.69) is 30.7 Å². The first-order valence-corrected chi connectivity index (χ1v) is 9.51. The molecule has 0 spiro atoms. The number of phenolic OH excluding ortho intramolecular Hbond substituents is 1. The van der Waals surface area contributed by atoms with Crippen LogP contribution in [0.3, 0.4) is 0 Å². The summed E-state index contributed by atoms with van der Waals surface area (Å²) in [7, 11) is 0. The van der Waals surface area contributed by atoms with Gasteiger partial charge in [0.1, 0.15) is 17.1 Å². The highest BCUT2D eigenvalue weighted by Gasteiger charge is 2.08. The number of rotatable bonds is 5. The smallest absolute Gasteiger partial charge is 0.180 e. The summed E-state index contributed by atoms with van der Waals surface area (Å²) in [5.74, 6) is 0.854. The second-order valence-electron chi connectivity index (χ2n) is 6.37. The molecule has 0 bridgehead atoms. The standard InChI is InChI=1S/C20H19N7OS/c1-2-21-20(29)26-18-8-7-16-19(25-18)24-17(10-22-16)14-9-23-27(12-14)11-13-3-5-15(28)6-4-13/h3-10,12,28H,2,11H2,1H3,(H2,21,24,25,26,29). The van der Waals surface area contributed by atoms with Gasteiger partial charge in [0.15, 0.2) is 10.8 Å². The SMILES string of the molecule is CCNC(=S)Nc1ccc2ncc(-c3cnn(Cc4ccc(O)cc4)c3)nc2n1. The highest BCUT2D eigenvalue weighted by Crippen LogP contribution is 2.19. The first-order chi connectivity index (χ1) is 14.1. The Labute approximate surface area is 172 Å². The number of aromatic nitrogens is 5. The molecule has 0 saturated carbocycles. The Morgan fingerprint density at radius 3 is 2.72 bits per heavy atom. The Morgan fingerprint density at radius 2 is 1.93 bits per heavy atom. The third-order valence-electron chi connectivity index (χ3n) is 4.20. The second-order valence-corrected chi connectivity index (χ2v) is 6.78. The van der Waals surface area contributed by atoms with Gasteiger partial charge in [-0.2, -0.15) is 5.10 Å². The molecule has 1 aromatic carbocycles. The quantitative estimate of drug-likeness (QED) is 0.436. The Kier molecular flexibility index (Phi) is 5.30. The van der Waals surface area contributed by atoms with E-state index in [0.717, 1.165) is 17.7 Å². The number of benzene rings is 1. The van der Waals surface area contributed by atoms with E-state index in [-0.39, 0.29) is 5.75 Å². The molecule has 0 amide bonds. The van der Waals surface area contributed by atoms with Gasteiger partial charge < -0.3 is 15.7 Å². The average molecular weight is 405 g/mol. The first kappa shape index (κ1) is 18.8. The first-order valence-electron chi connectivity index (χ1n) is 9.10. The summed E-state index contributed by atoms with van der Waals surface area (Å²) in [6, 6.07) is 10.7. The minimum absolute atomic E-state index is 0.244. The van der Waals surface area contributed by atoms with Gasteiger partial charge >= 0.3 is 0 Å². The molecule has 8 nitrogen and oxygen atoms in total. The zero-order valence-corrected chi connectivity index (χ0v) is 16.5. The molecule has 0 aliphatic carbocycles. The van der Waals surface area contributed by atoms with E-state index in [1.807, 2.05) is 42.1 Å². The molecule has 0 aliphatic rings. The fraction of sp³-hybridized carbons (Fsp3) is 0.150. The minimum atomic E-state index is 0.244. The van der Waals surface area contributed by atoms with Gasteiger partial charge in [-0.3, -0.25) is 9.67 Å². The maximum absolute atomic E-state index is 9.40. The highest BCUT2D eigenvalue weighted by atomic mass is 32.1. The van der Waals surface area contributed by atoms with Crippen LogP contribution in [0.1, 0.15) is 12.5 Å². The van der Waals surface area contributed by atoms with Crippen LogP contribution < -0.4 is 10.6 Å². The Bertz CT molecular complexity index is 1160. The van der Waals surface area contributed by atoms with E-state index < -0.39 is 0 Å². The Hall–Kier alpha value is -3.59. The maximum Gasteiger partial charge on any atom is 0.180 e. The topological polar surface area (TPSA) is 101 Å². The van der Waals surface area contributed by atoms with Crippen molar-refractivity contribution in [1.82, 2.24) is 30.0 Å². The van der Waals surface area contributed by atoms with E-state index in [1.54, 1.807) is 24.5 Å². The van der Waals surface area contributed by atoms with Crippen molar-refractivity contribution >= 4 is 34.3 Å². The highest BCUT2D eigenvalue weighted by molar-refractivity contribution is 7.80. The third kappa shape index (κ3) is 4.46. The van der Waals surface area contributed by atoms with Crippen LogP contribution in [0.5, 0.6) is 5.75 Å². The normalized spacial score (nSPS) is 10.8. The summed E-state index contributed by atoms with van der Waals surface area (Å²) in [6.07, 6.45) is 5.37. The number of hydrogen-bond donors (Lipinski definition) is 3. The number of pyridine rings is 1.